The van der Waals surface area contributed by atoms with Gasteiger partial charge in [-0.25, -0.2) is 9.78 Å². The zero-order valence-corrected chi connectivity index (χ0v) is 12.9. The van der Waals surface area contributed by atoms with E-state index in [1.165, 1.54) is 31.2 Å². The molecule has 1 heterocycles. The Morgan fingerprint density at radius 2 is 2.00 bits per heavy atom. The quantitative estimate of drug-likeness (QED) is 0.653. The smallest absolute Gasteiger partial charge is 0.434 e. The van der Waals surface area contributed by atoms with Gasteiger partial charge < -0.3 is 4.74 Å². The lowest BCUT2D eigenvalue weighted by Crippen LogP contribution is -2.15. The molecule has 128 valence electrons. The SMILES string of the molecule is Cc1nc(C(F)(F)F)c(COC(=O)Nc2ccc([N+](=O)[O-])cc2)s1. The van der Waals surface area contributed by atoms with Crippen molar-refractivity contribution in [2.75, 3.05) is 5.32 Å². The average molecular weight is 361 g/mol. The number of carbonyl (C=O) groups is 1. The van der Waals surface area contributed by atoms with Gasteiger partial charge in [-0.05, 0) is 19.1 Å². The van der Waals surface area contributed by atoms with Gasteiger partial charge in [0, 0.05) is 17.8 Å². The number of aryl methyl sites for hydroxylation is 1. The summed E-state index contributed by atoms with van der Waals surface area (Å²) >= 11 is 0.784. The Kier molecular flexibility index (Phi) is 5.02. The summed E-state index contributed by atoms with van der Waals surface area (Å²) in [4.78, 5) is 24.7. The molecule has 24 heavy (non-hydrogen) atoms. The van der Waals surface area contributed by atoms with Gasteiger partial charge in [0.1, 0.15) is 6.61 Å². The average Bonchev–Trinajstić information content (AvgIpc) is 2.87. The fourth-order valence-corrected chi connectivity index (χ4v) is 2.61. The van der Waals surface area contributed by atoms with Crippen LogP contribution in [0, 0.1) is 17.0 Å². The van der Waals surface area contributed by atoms with E-state index in [-0.39, 0.29) is 21.3 Å². The number of nitrogens with one attached hydrogen (secondary N) is 1. The first kappa shape index (κ1) is 17.7. The maximum Gasteiger partial charge on any atom is 0.434 e. The normalized spacial score (nSPS) is 11.2. The van der Waals surface area contributed by atoms with Gasteiger partial charge in [0.15, 0.2) is 5.69 Å². The largest absolute Gasteiger partial charge is 0.444 e. The van der Waals surface area contributed by atoms with Crippen LogP contribution in [0.15, 0.2) is 24.3 Å². The molecule has 1 N–H and O–H groups in total. The maximum absolute atomic E-state index is 12.8. The first-order chi connectivity index (χ1) is 11.2. The number of ether oxygens (including phenoxy) is 1. The number of hydrogen-bond donors (Lipinski definition) is 1. The Balaban J connectivity index is 1.98. The molecule has 0 saturated carbocycles. The number of non-ortho nitro benzene ring substituents is 1. The zero-order chi connectivity index (χ0) is 17.9. The molecule has 0 aliphatic rings. The van der Waals surface area contributed by atoms with E-state index >= 15 is 0 Å². The Morgan fingerprint density at radius 3 is 2.54 bits per heavy atom. The summed E-state index contributed by atoms with van der Waals surface area (Å²) in [6, 6.07) is 4.89. The highest BCUT2D eigenvalue weighted by molar-refractivity contribution is 7.11. The zero-order valence-electron chi connectivity index (χ0n) is 12.1. The monoisotopic (exact) mass is 361 g/mol. The molecule has 0 radical (unpaired) electrons. The van der Waals surface area contributed by atoms with E-state index in [2.05, 4.69) is 10.3 Å². The van der Waals surface area contributed by atoms with Crippen molar-refractivity contribution in [3.63, 3.8) is 0 Å². The molecular formula is C13H10F3N3O4S. The van der Waals surface area contributed by atoms with E-state index in [0.717, 1.165) is 11.3 Å². The van der Waals surface area contributed by atoms with E-state index in [4.69, 9.17) is 4.74 Å². The Morgan fingerprint density at radius 1 is 1.38 bits per heavy atom. The third kappa shape index (κ3) is 4.41. The van der Waals surface area contributed by atoms with Crippen molar-refractivity contribution in [1.82, 2.24) is 4.98 Å². The van der Waals surface area contributed by atoms with E-state index in [0.29, 0.717) is 0 Å². The van der Waals surface area contributed by atoms with Crippen LogP contribution in [-0.4, -0.2) is 16.0 Å². The molecule has 2 aromatic rings. The summed E-state index contributed by atoms with van der Waals surface area (Å²) in [6.45, 7) is 0.833. The molecule has 7 nitrogen and oxygen atoms in total. The number of hydrogen-bond acceptors (Lipinski definition) is 6. The third-order valence-corrected chi connectivity index (χ3v) is 3.68. The second kappa shape index (κ2) is 6.83. The van der Waals surface area contributed by atoms with Gasteiger partial charge in [0.25, 0.3) is 5.69 Å². The number of aromatic nitrogens is 1. The molecule has 0 aliphatic carbocycles. The molecule has 0 atom stereocenters. The van der Waals surface area contributed by atoms with Crippen LogP contribution in [0.25, 0.3) is 0 Å². The lowest BCUT2D eigenvalue weighted by Gasteiger charge is -2.08. The minimum absolute atomic E-state index is 0.163. The molecule has 1 amide bonds. The molecule has 1 aromatic carbocycles. The first-order valence-electron chi connectivity index (χ1n) is 6.38. The molecule has 0 saturated heterocycles. The van der Waals surface area contributed by atoms with Gasteiger partial charge in [-0.15, -0.1) is 11.3 Å². The van der Waals surface area contributed by atoms with Gasteiger partial charge in [0.05, 0.1) is 14.8 Å². The minimum atomic E-state index is -4.63. The van der Waals surface area contributed by atoms with Crippen LogP contribution >= 0.6 is 11.3 Å². The number of nitrogens with zero attached hydrogens (tertiary/aromatic N) is 2. The van der Waals surface area contributed by atoms with Crippen molar-refractivity contribution >= 4 is 28.8 Å². The van der Waals surface area contributed by atoms with Gasteiger partial charge in [-0.2, -0.15) is 13.2 Å². The highest BCUT2D eigenvalue weighted by Crippen LogP contribution is 2.34. The van der Waals surface area contributed by atoms with E-state index in [1.54, 1.807) is 0 Å². The van der Waals surface area contributed by atoms with Gasteiger partial charge in [0.2, 0.25) is 0 Å². The number of halogens is 3. The number of carbonyl (C=O) groups excluding carboxylic acids is 1. The van der Waals surface area contributed by atoms with Crippen molar-refractivity contribution < 1.29 is 27.6 Å². The van der Waals surface area contributed by atoms with Crippen LogP contribution in [-0.2, 0) is 17.5 Å². The predicted octanol–water partition coefficient (Wildman–Crippen LogP) is 4.13. The summed E-state index contributed by atoms with van der Waals surface area (Å²) < 4.78 is 43.1. The fourth-order valence-electron chi connectivity index (χ4n) is 1.74. The van der Waals surface area contributed by atoms with Crippen LogP contribution in [0.5, 0.6) is 0 Å². The lowest BCUT2D eigenvalue weighted by molar-refractivity contribution is -0.384. The Labute approximate surface area is 137 Å². The van der Waals surface area contributed by atoms with Crippen molar-refractivity contribution in [1.29, 1.82) is 0 Å². The number of nitro groups is 1. The molecule has 0 spiro atoms. The van der Waals surface area contributed by atoms with Crippen molar-refractivity contribution in [3.05, 3.63) is 50.0 Å². The summed E-state index contributed by atoms with van der Waals surface area (Å²) in [5.74, 6) is 0. The van der Waals surface area contributed by atoms with Crippen molar-refractivity contribution in [2.45, 2.75) is 19.7 Å². The highest BCUT2D eigenvalue weighted by Gasteiger charge is 2.37. The standard InChI is InChI=1S/C13H10F3N3O4S/c1-7-17-11(13(14,15)16)10(24-7)6-23-12(20)18-8-2-4-9(5-3-8)19(21)22/h2-5H,6H2,1H3,(H,18,20). The number of anilines is 1. The third-order valence-electron chi connectivity index (χ3n) is 2.73. The molecule has 0 aliphatic heterocycles. The predicted molar refractivity (Wildman–Crippen MR) is 78.8 cm³/mol. The van der Waals surface area contributed by atoms with Crippen LogP contribution in [0.4, 0.5) is 29.3 Å². The highest BCUT2D eigenvalue weighted by atomic mass is 32.1. The van der Waals surface area contributed by atoms with E-state index < -0.39 is 29.5 Å². The number of alkyl halides is 3. The lowest BCUT2D eigenvalue weighted by atomic mass is 10.3. The Bertz CT molecular complexity index is 759. The van der Waals surface area contributed by atoms with Crippen LogP contribution in [0.2, 0.25) is 0 Å². The summed E-state index contributed by atoms with van der Waals surface area (Å²) in [6.07, 6.45) is -5.61. The molecule has 1 aromatic heterocycles. The second-order valence-corrected chi connectivity index (χ2v) is 5.80. The minimum Gasteiger partial charge on any atom is -0.444 e. The number of amides is 1. The van der Waals surface area contributed by atoms with Crippen molar-refractivity contribution in [2.24, 2.45) is 0 Å². The number of thiazole rings is 1. The molecule has 0 fully saturated rings. The number of rotatable bonds is 4. The number of nitro benzene ring substituents is 1. The van der Waals surface area contributed by atoms with Crippen LogP contribution < -0.4 is 5.32 Å². The van der Waals surface area contributed by atoms with Crippen LogP contribution in [0.3, 0.4) is 0 Å². The fraction of sp³-hybridized carbons (Fsp3) is 0.231. The second-order valence-electron chi connectivity index (χ2n) is 4.51. The Hall–Kier alpha value is -2.69. The van der Waals surface area contributed by atoms with Crippen LogP contribution in [0.1, 0.15) is 15.6 Å². The summed E-state index contributed by atoms with van der Waals surface area (Å²) in [7, 11) is 0. The van der Waals surface area contributed by atoms with E-state index in [9.17, 15) is 28.1 Å². The van der Waals surface area contributed by atoms with Gasteiger partial charge >= 0.3 is 12.3 Å². The summed E-state index contributed by atoms with van der Waals surface area (Å²) in [5, 5.41) is 13.0. The topological polar surface area (TPSA) is 94.4 Å². The maximum atomic E-state index is 12.8. The molecule has 2 rings (SSSR count). The molecule has 0 bridgehead atoms. The van der Waals surface area contributed by atoms with Gasteiger partial charge in [-0.3, -0.25) is 15.4 Å². The van der Waals surface area contributed by atoms with Gasteiger partial charge in [-0.1, -0.05) is 0 Å². The molecule has 11 heteroatoms. The summed E-state index contributed by atoms with van der Waals surface area (Å²) in [5.41, 5.74) is -1.03. The molecular weight excluding hydrogens is 351 g/mol. The first-order valence-corrected chi connectivity index (χ1v) is 7.20. The van der Waals surface area contributed by atoms with E-state index in [1.807, 2.05) is 0 Å². The number of benzene rings is 1. The van der Waals surface area contributed by atoms with Crippen molar-refractivity contribution in [3.8, 4) is 0 Å². The molecule has 0 unspecified atom stereocenters.